The molecule has 1 aliphatic rings. The van der Waals surface area contributed by atoms with Crippen LogP contribution in [0, 0.1) is 0 Å². The van der Waals surface area contributed by atoms with Crippen LogP contribution in [0.2, 0.25) is 0 Å². The summed E-state index contributed by atoms with van der Waals surface area (Å²) >= 11 is 1.71. The highest BCUT2D eigenvalue weighted by Crippen LogP contribution is 2.28. The van der Waals surface area contributed by atoms with Gasteiger partial charge in [-0.15, -0.1) is 0 Å². The summed E-state index contributed by atoms with van der Waals surface area (Å²) in [5, 5.41) is 4.40. The van der Waals surface area contributed by atoms with Crippen molar-refractivity contribution in [1.29, 1.82) is 0 Å². The molecule has 20 heavy (non-hydrogen) atoms. The zero-order chi connectivity index (χ0) is 13.6. The molecule has 0 saturated heterocycles. The fourth-order valence-electron chi connectivity index (χ4n) is 2.21. The van der Waals surface area contributed by atoms with Gasteiger partial charge in [0.25, 0.3) is 0 Å². The third-order valence-corrected chi connectivity index (χ3v) is 4.35. The molecule has 0 fully saturated rings. The Morgan fingerprint density at radius 3 is 2.95 bits per heavy atom. The predicted molar refractivity (Wildman–Crippen MR) is 84.2 cm³/mol. The van der Waals surface area contributed by atoms with E-state index in [2.05, 4.69) is 40.6 Å². The Balaban J connectivity index is 1.54. The van der Waals surface area contributed by atoms with Crippen LogP contribution in [0.1, 0.15) is 12.8 Å². The van der Waals surface area contributed by atoms with Crippen molar-refractivity contribution >= 4 is 16.5 Å². The van der Waals surface area contributed by atoms with Crippen molar-refractivity contribution in [2.75, 3.05) is 25.1 Å². The van der Waals surface area contributed by atoms with Crippen LogP contribution in [0.4, 0.5) is 5.13 Å². The number of thiazole rings is 1. The van der Waals surface area contributed by atoms with Gasteiger partial charge in [0.05, 0.1) is 18.1 Å². The Labute approximate surface area is 123 Å². The van der Waals surface area contributed by atoms with Crippen molar-refractivity contribution in [1.82, 2.24) is 4.98 Å². The van der Waals surface area contributed by atoms with Gasteiger partial charge in [0.2, 0.25) is 0 Å². The Kier molecular flexibility index (Phi) is 4.46. The third kappa shape index (κ3) is 3.46. The Morgan fingerprint density at radius 1 is 1.25 bits per heavy atom. The molecule has 0 saturated carbocycles. The van der Waals surface area contributed by atoms with Gasteiger partial charge >= 0.3 is 0 Å². The molecule has 1 N–H and O–H groups in total. The van der Waals surface area contributed by atoms with Crippen molar-refractivity contribution in [2.45, 2.75) is 12.8 Å². The van der Waals surface area contributed by atoms with E-state index in [0.29, 0.717) is 0 Å². The molecule has 0 unspecified atom stereocenters. The topological polar surface area (TPSA) is 34.2 Å². The first kappa shape index (κ1) is 13.3. The monoisotopic (exact) mass is 286 g/mol. The molecule has 2 aromatic rings. The lowest BCUT2D eigenvalue weighted by Gasteiger charge is -2.13. The highest BCUT2D eigenvalue weighted by atomic mass is 32.1. The first-order chi connectivity index (χ1) is 9.92. The lowest BCUT2D eigenvalue weighted by molar-refractivity contribution is 0.153. The molecule has 0 atom stereocenters. The molecule has 0 amide bonds. The number of ether oxygens (including phenoxy) is 1. The standard InChI is InChI=1S/C16H18N2OS/c1-2-4-14(5-3-1)15-12-18-16(20-15)17-9-6-13-7-10-19-11-8-13/h1-5,7,12H,6,8-11H2,(H,17,18). The second kappa shape index (κ2) is 6.68. The minimum atomic E-state index is 0.769. The van der Waals surface area contributed by atoms with Crippen LogP contribution in [0.25, 0.3) is 10.4 Å². The van der Waals surface area contributed by atoms with Gasteiger partial charge in [-0.3, -0.25) is 0 Å². The Hall–Kier alpha value is -1.65. The molecule has 0 radical (unpaired) electrons. The molecule has 0 spiro atoms. The van der Waals surface area contributed by atoms with Gasteiger partial charge in [-0.25, -0.2) is 4.98 Å². The zero-order valence-corrected chi connectivity index (χ0v) is 12.2. The maximum atomic E-state index is 5.31. The van der Waals surface area contributed by atoms with Crippen molar-refractivity contribution in [3.63, 3.8) is 0 Å². The van der Waals surface area contributed by atoms with Crippen LogP contribution < -0.4 is 5.32 Å². The van der Waals surface area contributed by atoms with Crippen LogP contribution in [0.3, 0.4) is 0 Å². The van der Waals surface area contributed by atoms with E-state index in [1.165, 1.54) is 16.0 Å². The van der Waals surface area contributed by atoms with Gasteiger partial charge in [-0.05, 0) is 18.4 Å². The molecule has 1 aliphatic heterocycles. The fraction of sp³-hybridized carbons (Fsp3) is 0.312. The number of benzene rings is 1. The van der Waals surface area contributed by atoms with Gasteiger partial charge in [0.15, 0.2) is 5.13 Å². The molecule has 3 nitrogen and oxygen atoms in total. The summed E-state index contributed by atoms with van der Waals surface area (Å²) in [7, 11) is 0. The van der Waals surface area contributed by atoms with Crippen molar-refractivity contribution in [2.24, 2.45) is 0 Å². The molecular weight excluding hydrogens is 268 g/mol. The van der Waals surface area contributed by atoms with Gasteiger partial charge in [-0.1, -0.05) is 53.3 Å². The van der Waals surface area contributed by atoms with Gasteiger partial charge in [-0.2, -0.15) is 0 Å². The van der Waals surface area contributed by atoms with E-state index in [9.17, 15) is 0 Å². The number of hydrogen-bond donors (Lipinski definition) is 1. The summed E-state index contributed by atoms with van der Waals surface area (Å²) in [6.07, 6.45) is 6.27. The van der Waals surface area contributed by atoms with E-state index >= 15 is 0 Å². The second-order valence-corrected chi connectivity index (χ2v) is 5.79. The summed E-state index contributed by atoms with van der Waals surface area (Å²) in [6, 6.07) is 10.4. The minimum absolute atomic E-state index is 0.769. The molecule has 4 heteroatoms. The number of anilines is 1. The van der Waals surface area contributed by atoms with Crippen LogP contribution >= 0.6 is 11.3 Å². The normalized spacial score (nSPS) is 14.9. The van der Waals surface area contributed by atoms with Crippen LogP contribution in [-0.2, 0) is 4.74 Å². The maximum Gasteiger partial charge on any atom is 0.183 e. The smallest absolute Gasteiger partial charge is 0.183 e. The Bertz CT molecular complexity index is 577. The predicted octanol–water partition coefficient (Wildman–Crippen LogP) is 3.96. The number of hydrogen-bond acceptors (Lipinski definition) is 4. The summed E-state index contributed by atoms with van der Waals surface area (Å²) < 4.78 is 5.31. The quantitative estimate of drug-likeness (QED) is 0.845. The average Bonchev–Trinajstić information content (AvgIpc) is 2.98. The van der Waals surface area contributed by atoms with E-state index in [-0.39, 0.29) is 0 Å². The lowest BCUT2D eigenvalue weighted by atomic mass is 10.1. The lowest BCUT2D eigenvalue weighted by Crippen LogP contribution is -2.08. The zero-order valence-electron chi connectivity index (χ0n) is 11.3. The van der Waals surface area contributed by atoms with Gasteiger partial charge in [0, 0.05) is 12.7 Å². The number of nitrogens with zero attached hydrogens (tertiary/aromatic N) is 1. The molecule has 0 aliphatic carbocycles. The van der Waals surface area contributed by atoms with E-state index in [1.807, 2.05) is 12.3 Å². The maximum absolute atomic E-state index is 5.31. The molecule has 3 rings (SSSR count). The van der Waals surface area contributed by atoms with Crippen LogP contribution in [0.5, 0.6) is 0 Å². The van der Waals surface area contributed by atoms with Gasteiger partial charge < -0.3 is 10.1 Å². The molecule has 104 valence electrons. The van der Waals surface area contributed by atoms with Gasteiger partial charge in [0.1, 0.15) is 0 Å². The van der Waals surface area contributed by atoms with Crippen molar-refractivity contribution in [3.8, 4) is 10.4 Å². The molecule has 1 aromatic carbocycles. The van der Waals surface area contributed by atoms with E-state index in [0.717, 1.165) is 37.7 Å². The Morgan fingerprint density at radius 2 is 2.15 bits per heavy atom. The third-order valence-electron chi connectivity index (χ3n) is 3.34. The molecule has 2 heterocycles. The summed E-state index contributed by atoms with van der Waals surface area (Å²) in [5.41, 5.74) is 2.72. The minimum Gasteiger partial charge on any atom is -0.377 e. The van der Waals surface area contributed by atoms with E-state index < -0.39 is 0 Å². The largest absolute Gasteiger partial charge is 0.377 e. The first-order valence-electron chi connectivity index (χ1n) is 6.92. The summed E-state index contributed by atoms with van der Waals surface area (Å²) in [5.74, 6) is 0. The fourth-order valence-corrected chi connectivity index (χ4v) is 3.06. The number of aromatic nitrogens is 1. The molecule has 1 aromatic heterocycles. The van der Waals surface area contributed by atoms with Crippen molar-refractivity contribution in [3.05, 3.63) is 48.2 Å². The second-order valence-electron chi connectivity index (χ2n) is 4.76. The molecular formula is C16H18N2OS. The highest BCUT2D eigenvalue weighted by molar-refractivity contribution is 7.18. The summed E-state index contributed by atoms with van der Waals surface area (Å²) in [6.45, 7) is 2.57. The van der Waals surface area contributed by atoms with E-state index in [1.54, 1.807) is 11.3 Å². The SMILES string of the molecule is C1=C(CCNc2ncc(-c3ccccc3)s2)CCOC1. The first-order valence-corrected chi connectivity index (χ1v) is 7.74. The highest BCUT2D eigenvalue weighted by Gasteiger charge is 2.05. The summed E-state index contributed by atoms with van der Waals surface area (Å²) in [4.78, 5) is 5.65. The van der Waals surface area contributed by atoms with Crippen molar-refractivity contribution < 1.29 is 4.74 Å². The number of nitrogens with one attached hydrogen (secondary N) is 1. The van der Waals surface area contributed by atoms with Crippen LogP contribution in [0.15, 0.2) is 48.2 Å². The van der Waals surface area contributed by atoms with E-state index in [4.69, 9.17) is 4.74 Å². The van der Waals surface area contributed by atoms with Crippen LogP contribution in [-0.4, -0.2) is 24.7 Å². The number of rotatable bonds is 5. The molecule has 0 bridgehead atoms. The average molecular weight is 286 g/mol.